The van der Waals surface area contributed by atoms with Crippen molar-refractivity contribution in [2.75, 3.05) is 26.7 Å². The summed E-state index contributed by atoms with van der Waals surface area (Å²) < 4.78 is 0. The van der Waals surface area contributed by atoms with Gasteiger partial charge in [-0.3, -0.25) is 19.5 Å². The third-order valence-corrected chi connectivity index (χ3v) is 5.40. The molecule has 2 amide bonds. The van der Waals surface area contributed by atoms with E-state index in [1.807, 2.05) is 17.5 Å². The van der Waals surface area contributed by atoms with Crippen LogP contribution in [0.15, 0.2) is 23.6 Å². The number of likely N-dealkylation sites (tertiary alicyclic amines) is 1. The maximum absolute atomic E-state index is 12.5. The molecule has 8 nitrogen and oxygen atoms in total. The molecule has 2 aromatic rings. The highest BCUT2D eigenvalue weighted by atomic mass is 32.1. The molecule has 1 aliphatic heterocycles. The van der Waals surface area contributed by atoms with Gasteiger partial charge in [0.1, 0.15) is 0 Å². The van der Waals surface area contributed by atoms with Gasteiger partial charge in [-0.25, -0.2) is 0 Å². The van der Waals surface area contributed by atoms with Gasteiger partial charge in [0.25, 0.3) is 5.91 Å². The highest BCUT2D eigenvalue weighted by Crippen LogP contribution is 2.23. The number of aromatic nitrogens is 2. The minimum atomic E-state index is -0.815. The quantitative estimate of drug-likeness (QED) is 0.823. The van der Waals surface area contributed by atoms with Gasteiger partial charge in [-0.2, -0.15) is 5.10 Å². The Labute approximate surface area is 154 Å². The summed E-state index contributed by atoms with van der Waals surface area (Å²) in [4.78, 5) is 39.8. The summed E-state index contributed by atoms with van der Waals surface area (Å²) in [5, 5.41) is 17.8. The Bertz CT molecular complexity index is 794. The van der Waals surface area contributed by atoms with Crippen LogP contribution in [0.25, 0.3) is 10.6 Å². The Balaban J connectivity index is 1.56. The molecule has 3 heterocycles. The van der Waals surface area contributed by atoms with Crippen molar-refractivity contribution in [3.05, 3.63) is 29.3 Å². The van der Waals surface area contributed by atoms with Crippen LogP contribution in [0.1, 0.15) is 23.3 Å². The second kappa shape index (κ2) is 7.69. The summed E-state index contributed by atoms with van der Waals surface area (Å²) >= 11 is 1.54. The van der Waals surface area contributed by atoms with E-state index in [9.17, 15) is 14.4 Å². The first-order chi connectivity index (χ1) is 12.5. The van der Waals surface area contributed by atoms with Crippen LogP contribution in [0.3, 0.4) is 0 Å². The molecule has 0 spiro atoms. The van der Waals surface area contributed by atoms with Gasteiger partial charge < -0.3 is 14.9 Å². The van der Waals surface area contributed by atoms with E-state index >= 15 is 0 Å². The summed E-state index contributed by atoms with van der Waals surface area (Å²) in [7, 11) is 1.56. The lowest BCUT2D eigenvalue weighted by Gasteiger charge is -2.31. The zero-order valence-corrected chi connectivity index (χ0v) is 15.2. The van der Waals surface area contributed by atoms with Crippen molar-refractivity contribution in [2.45, 2.75) is 12.8 Å². The van der Waals surface area contributed by atoms with Crippen LogP contribution in [0, 0.1) is 5.92 Å². The maximum Gasteiger partial charge on any atom is 0.306 e. The molecule has 26 heavy (non-hydrogen) atoms. The van der Waals surface area contributed by atoms with Crippen molar-refractivity contribution in [1.29, 1.82) is 0 Å². The van der Waals surface area contributed by atoms with E-state index in [0.29, 0.717) is 25.9 Å². The number of carboxylic acids is 1. The number of thiophene rings is 1. The molecule has 2 N–H and O–H groups in total. The van der Waals surface area contributed by atoms with E-state index in [4.69, 9.17) is 5.11 Å². The predicted molar refractivity (Wildman–Crippen MR) is 95.8 cm³/mol. The van der Waals surface area contributed by atoms with E-state index in [-0.39, 0.29) is 24.1 Å². The lowest BCUT2D eigenvalue weighted by molar-refractivity contribution is -0.145. The number of carboxylic acid groups (broad SMARTS) is 1. The molecular formula is C17H20N4O4S. The maximum atomic E-state index is 12.5. The number of hydrogen-bond acceptors (Lipinski definition) is 5. The molecule has 0 radical (unpaired) electrons. The minimum Gasteiger partial charge on any atom is -0.481 e. The molecule has 3 rings (SSSR count). The molecule has 138 valence electrons. The molecular weight excluding hydrogens is 356 g/mol. The number of likely N-dealkylation sites (N-methyl/N-ethyl adjacent to an activating group) is 1. The van der Waals surface area contributed by atoms with E-state index in [1.165, 1.54) is 4.90 Å². The van der Waals surface area contributed by atoms with Gasteiger partial charge in [0.15, 0.2) is 5.69 Å². The first-order valence-corrected chi connectivity index (χ1v) is 9.19. The number of aromatic amines is 1. The zero-order valence-electron chi connectivity index (χ0n) is 14.3. The fourth-order valence-electron chi connectivity index (χ4n) is 2.94. The first-order valence-electron chi connectivity index (χ1n) is 8.31. The molecule has 1 saturated heterocycles. The minimum absolute atomic E-state index is 0.0578. The van der Waals surface area contributed by atoms with Gasteiger partial charge >= 0.3 is 5.97 Å². The van der Waals surface area contributed by atoms with Gasteiger partial charge in [-0.05, 0) is 30.4 Å². The molecule has 0 unspecified atom stereocenters. The lowest BCUT2D eigenvalue weighted by Crippen LogP contribution is -2.45. The molecule has 0 aliphatic carbocycles. The third-order valence-electron chi connectivity index (χ3n) is 4.50. The van der Waals surface area contributed by atoms with Crippen molar-refractivity contribution in [2.24, 2.45) is 5.92 Å². The summed E-state index contributed by atoms with van der Waals surface area (Å²) in [6, 6.07) is 5.52. The topological polar surface area (TPSA) is 107 Å². The Morgan fingerprint density at radius 3 is 2.73 bits per heavy atom. The number of hydrogen-bond donors (Lipinski definition) is 2. The Morgan fingerprint density at radius 2 is 2.12 bits per heavy atom. The number of piperidine rings is 1. The fraction of sp³-hybridized carbons (Fsp3) is 0.412. The van der Waals surface area contributed by atoms with Crippen LogP contribution < -0.4 is 0 Å². The van der Waals surface area contributed by atoms with E-state index in [1.54, 1.807) is 29.4 Å². The summed E-state index contributed by atoms with van der Waals surface area (Å²) in [6.07, 6.45) is 0.893. The molecule has 1 fully saturated rings. The number of aliphatic carboxylic acids is 1. The Morgan fingerprint density at radius 1 is 1.38 bits per heavy atom. The smallest absolute Gasteiger partial charge is 0.306 e. The second-order valence-corrected chi connectivity index (χ2v) is 7.25. The number of carbonyl (C=O) groups excluding carboxylic acids is 2. The van der Waals surface area contributed by atoms with Crippen LogP contribution in [0.5, 0.6) is 0 Å². The van der Waals surface area contributed by atoms with Crippen LogP contribution >= 0.6 is 11.3 Å². The van der Waals surface area contributed by atoms with Gasteiger partial charge in [0.2, 0.25) is 5.91 Å². The molecule has 0 aromatic carbocycles. The fourth-order valence-corrected chi connectivity index (χ4v) is 3.63. The van der Waals surface area contributed by atoms with Crippen LogP contribution in [0.4, 0.5) is 0 Å². The third kappa shape index (κ3) is 3.93. The monoisotopic (exact) mass is 376 g/mol. The molecule has 0 atom stereocenters. The SMILES string of the molecule is CN(CC(=O)N1CCC(C(=O)O)CC1)C(=O)c1cc(-c2cccs2)[nH]n1. The summed E-state index contributed by atoms with van der Waals surface area (Å²) in [6.45, 7) is 0.753. The molecule has 9 heteroatoms. The highest BCUT2D eigenvalue weighted by Gasteiger charge is 2.28. The molecule has 0 saturated carbocycles. The van der Waals surface area contributed by atoms with Gasteiger partial charge in [-0.1, -0.05) is 6.07 Å². The molecule has 1 aliphatic rings. The van der Waals surface area contributed by atoms with E-state index in [0.717, 1.165) is 10.6 Å². The van der Waals surface area contributed by atoms with Crippen LogP contribution in [-0.2, 0) is 9.59 Å². The number of H-pyrrole nitrogens is 1. The van der Waals surface area contributed by atoms with E-state index in [2.05, 4.69) is 10.2 Å². The molecule has 0 bridgehead atoms. The Kier molecular flexibility index (Phi) is 5.36. The second-order valence-electron chi connectivity index (χ2n) is 6.30. The number of nitrogens with one attached hydrogen (secondary N) is 1. The standard InChI is InChI=1S/C17H20N4O4S/c1-20(10-15(22)21-6-4-11(5-7-21)17(24)25)16(23)13-9-12(18-19-13)14-3-2-8-26-14/h2-3,8-9,11H,4-7,10H2,1H3,(H,18,19)(H,24,25). The summed E-state index contributed by atoms with van der Waals surface area (Å²) in [5.41, 5.74) is 1.02. The van der Waals surface area contributed by atoms with Crippen molar-refractivity contribution < 1.29 is 19.5 Å². The largest absolute Gasteiger partial charge is 0.481 e. The number of amides is 2. The van der Waals surface area contributed by atoms with Crippen molar-refractivity contribution in [1.82, 2.24) is 20.0 Å². The van der Waals surface area contributed by atoms with Gasteiger partial charge in [0, 0.05) is 20.1 Å². The normalized spacial score (nSPS) is 15.0. The van der Waals surface area contributed by atoms with Crippen molar-refractivity contribution in [3.8, 4) is 10.6 Å². The van der Waals surface area contributed by atoms with Crippen molar-refractivity contribution in [3.63, 3.8) is 0 Å². The van der Waals surface area contributed by atoms with Gasteiger partial charge in [0.05, 0.1) is 23.0 Å². The average Bonchev–Trinajstić information content (AvgIpc) is 3.32. The van der Waals surface area contributed by atoms with Crippen LogP contribution in [-0.4, -0.2) is 69.6 Å². The first kappa shape index (κ1) is 18.1. The average molecular weight is 376 g/mol. The number of rotatable bonds is 5. The van der Waals surface area contributed by atoms with Crippen LogP contribution in [0.2, 0.25) is 0 Å². The summed E-state index contributed by atoms with van der Waals surface area (Å²) in [5.74, 6) is -1.72. The highest BCUT2D eigenvalue weighted by molar-refractivity contribution is 7.13. The van der Waals surface area contributed by atoms with Crippen molar-refractivity contribution >= 4 is 29.1 Å². The van der Waals surface area contributed by atoms with E-state index < -0.39 is 11.9 Å². The zero-order chi connectivity index (χ0) is 18.7. The number of carbonyl (C=O) groups is 3. The predicted octanol–water partition coefficient (Wildman–Crippen LogP) is 1.53. The Hall–Kier alpha value is -2.68. The number of nitrogens with zero attached hydrogens (tertiary/aromatic N) is 3. The lowest BCUT2D eigenvalue weighted by atomic mass is 9.97. The molecule has 2 aromatic heterocycles. The van der Waals surface area contributed by atoms with Gasteiger partial charge in [-0.15, -0.1) is 11.3 Å².